The fraction of sp³-hybridized carbons (Fsp3) is 0.118. The highest BCUT2D eigenvalue weighted by Gasteiger charge is 2.32. The van der Waals surface area contributed by atoms with Gasteiger partial charge in [0.1, 0.15) is 18.3 Å². The van der Waals surface area contributed by atoms with Gasteiger partial charge in [-0.15, -0.1) is 5.10 Å². The van der Waals surface area contributed by atoms with E-state index in [2.05, 4.69) is 46.4 Å². The molecule has 2 aromatic rings. The van der Waals surface area contributed by atoms with Gasteiger partial charge in [0.15, 0.2) is 5.84 Å². The standard InChI is InChI=1S/C17H16N6/c1-12-5-7-13(8-6-12)22-11-23(15-4-2-3-9-19-15)17-14(16(22)18)10-20-21-17/h2-10H,11,18H2,1H3. The third kappa shape index (κ3) is 2.24. The number of benzene rings is 1. The molecular formula is C17H16N6. The van der Waals surface area contributed by atoms with Crippen LogP contribution >= 0.6 is 0 Å². The van der Waals surface area contributed by atoms with Crippen molar-refractivity contribution in [2.45, 2.75) is 6.92 Å². The summed E-state index contributed by atoms with van der Waals surface area (Å²) >= 11 is 0. The molecule has 0 atom stereocenters. The molecule has 23 heavy (non-hydrogen) atoms. The molecule has 0 saturated heterocycles. The third-order valence-electron chi connectivity index (χ3n) is 3.96. The Hall–Kier alpha value is -3.15. The topological polar surface area (TPSA) is 70.1 Å². The molecule has 6 nitrogen and oxygen atoms in total. The van der Waals surface area contributed by atoms with Crippen LogP contribution < -0.4 is 15.5 Å². The van der Waals surface area contributed by atoms with Crippen LogP contribution in [0.4, 0.5) is 11.5 Å². The molecule has 0 fully saturated rings. The molecule has 2 N–H and O–H groups in total. The lowest BCUT2D eigenvalue weighted by Gasteiger charge is -2.37. The number of amidine groups is 1. The minimum atomic E-state index is 0.539. The van der Waals surface area contributed by atoms with Crippen molar-refractivity contribution in [1.29, 1.82) is 0 Å². The van der Waals surface area contributed by atoms with Gasteiger partial charge < -0.3 is 10.6 Å². The van der Waals surface area contributed by atoms with Crippen LogP contribution in [0.15, 0.2) is 70.3 Å². The van der Waals surface area contributed by atoms with Crippen molar-refractivity contribution < 1.29 is 0 Å². The first-order chi connectivity index (χ1) is 11.2. The number of rotatable bonds is 2. The van der Waals surface area contributed by atoms with Gasteiger partial charge in [-0.25, -0.2) is 4.98 Å². The summed E-state index contributed by atoms with van der Waals surface area (Å²) < 4.78 is 0. The Balaban J connectivity index is 1.79. The molecule has 114 valence electrons. The van der Waals surface area contributed by atoms with Crippen LogP contribution in [0.25, 0.3) is 0 Å². The van der Waals surface area contributed by atoms with E-state index in [0.29, 0.717) is 12.5 Å². The molecule has 0 saturated carbocycles. The van der Waals surface area contributed by atoms with E-state index in [1.807, 2.05) is 28.0 Å². The van der Waals surface area contributed by atoms with Gasteiger partial charge in [-0.3, -0.25) is 4.90 Å². The van der Waals surface area contributed by atoms with Crippen LogP contribution in [0.3, 0.4) is 0 Å². The zero-order valence-corrected chi connectivity index (χ0v) is 12.7. The smallest absolute Gasteiger partial charge is 0.170 e. The highest BCUT2D eigenvalue weighted by atomic mass is 15.4. The molecule has 0 bridgehead atoms. The van der Waals surface area contributed by atoms with E-state index in [1.54, 1.807) is 12.4 Å². The van der Waals surface area contributed by atoms with Crippen LogP contribution in [0.1, 0.15) is 5.56 Å². The van der Waals surface area contributed by atoms with E-state index < -0.39 is 0 Å². The van der Waals surface area contributed by atoms with Crippen molar-refractivity contribution in [3.05, 3.63) is 65.6 Å². The first-order valence-corrected chi connectivity index (χ1v) is 7.38. The lowest BCUT2D eigenvalue weighted by atomic mass is 10.1. The van der Waals surface area contributed by atoms with Crippen molar-refractivity contribution in [2.75, 3.05) is 16.5 Å². The first-order valence-electron chi connectivity index (χ1n) is 7.38. The van der Waals surface area contributed by atoms with Crippen LogP contribution in [0, 0.1) is 6.92 Å². The molecular weight excluding hydrogens is 288 g/mol. The summed E-state index contributed by atoms with van der Waals surface area (Å²) in [6.07, 6.45) is 3.46. The largest absolute Gasteiger partial charge is 0.384 e. The fourth-order valence-electron chi connectivity index (χ4n) is 2.70. The molecule has 6 heteroatoms. The van der Waals surface area contributed by atoms with E-state index in [1.165, 1.54) is 5.56 Å². The van der Waals surface area contributed by atoms with Crippen molar-refractivity contribution >= 4 is 23.6 Å². The molecule has 1 aromatic carbocycles. The Bertz CT molecular complexity index is 820. The van der Waals surface area contributed by atoms with Gasteiger partial charge in [-0.1, -0.05) is 23.8 Å². The number of hydrogen-bond acceptors (Lipinski definition) is 6. The first kappa shape index (κ1) is 13.5. The molecule has 0 radical (unpaired) electrons. The summed E-state index contributed by atoms with van der Waals surface area (Å²) in [5, 5.41) is 8.24. The molecule has 3 heterocycles. The molecule has 2 aliphatic rings. The van der Waals surface area contributed by atoms with Crippen LogP contribution in [-0.4, -0.2) is 23.7 Å². The zero-order valence-electron chi connectivity index (χ0n) is 12.7. The zero-order chi connectivity index (χ0) is 15.8. The molecule has 0 amide bonds. The lowest BCUT2D eigenvalue weighted by molar-refractivity contribution is 0.851. The normalized spacial score (nSPS) is 16.7. The number of hydrogen-bond donors (Lipinski definition) is 1. The second-order valence-corrected chi connectivity index (χ2v) is 5.49. The highest BCUT2D eigenvalue weighted by molar-refractivity contribution is 6.25. The summed E-state index contributed by atoms with van der Waals surface area (Å²) in [5.41, 5.74) is 9.42. The van der Waals surface area contributed by atoms with Gasteiger partial charge >= 0.3 is 0 Å². The van der Waals surface area contributed by atoms with Gasteiger partial charge in [0.25, 0.3) is 0 Å². The number of nitrogens with two attached hydrogens (primary N) is 1. The van der Waals surface area contributed by atoms with Crippen LogP contribution in [0.2, 0.25) is 0 Å². The van der Waals surface area contributed by atoms with E-state index in [0.717, 1.165) is 22.9 Å². The van der Waals surface area contributed by atoms with Crippen molar-refractivity contribution in [3.8, 4) is 0 Å². The summed E-state index contributed by atoms with van der Waals surface area (Å²) in [6, 6.07) is 14.1. The number of fused-ring (bicyclic) bond motifs is 1. The number of aromatic nitrogens is 1. The van der Waals surface area contributed by atoms with Gasteiger partial charge in [-0.05, 0) is 31.2 Å². The van der Waals surface area contributed by atoms with E-state index in [9.17, 15) is 0 Å². The lowest BCUT2D eigenvalue weighted by Crippen LogP contribution is -2.49. The number of nitrogens with zero attached hydrogens (tertiary/aromatic N) is 5. The maximum Gasteiger partial charge on any atom is 0.170 e. The molecule has 0 unspecified atom stereocenters. The fourth-order valence-corrected chi connectivity index (χ4v) is 2.70. The summed E-state index contributed by atoms with van der Waals surface area (Å²) in [6.45, 7) is 2.61. The van der Waals surface area contributed by atoms with Crippen molar-refractivity contribution in [1.82, 2.24) is 4.98 Å². The van der Waals surface area contributed by atoms with Gasteiger partial charge in [0, 0.05) is 11.9 Å². The average molecular weight is 304 g/mol. The Labute approximate surface area is 134 Å². The number of aryl methyl sites for hydroxylation is 1. The van der Waals surface area contributed by atoms with E-state index in [-0.39, 0.29) is 0 Å². The van der Waals surface area contributed by atoms with Gasteiger partial charge in [-0.2, -0.15) is 5.10 Å². The Morgan fingerprint density at radius 3 is 2.61 bits per heavy atom. The van der Waals surface area contributed by atoms with Crippen LogP contribution in [0.5, 0.6) is 0 Å². The Kier molecular flexibility index (Phi) is 3.08. The number of pyridine rings is 1. The van der Waals surface area contributed by atoms with E-state index >= 15 is 0 Å². The third-order valence-corrected chi connectivity index (χ3v) is 3.96. The SMILES string of the molecule is Cc1ccc(N2CN(c3ccccn3)C3=NN=CC3=C2N)cc1. The van der Waals surface area contributed by atoms with Gasteiger partial charge in [0.05, 0.1) is 11.8 Å². The van der Waals surface area contributed by atoms with Crippen LogP contribution in [-0.2, 0) is 0 Å². The maximum atomic E-state index is 6.36. The minimum Gasteiger partial charge on any atom is -0.384 e. The van der Waals surface area contributed by atoms with Crippen molar-refractivity contribution in [2.24, 2.45) is 15.9 Å². The van der Waals surface area contributed by atoms with E-state index in [4.69, 9.17) is 5.73 Å². The molecule has 0 spiro atoms. The average Bonchev–Trinajstić information content (AvgIpc) is 3.07. The summed E-state index contributed by atoms with van der Waals surface area (Å²) in [7, 11) is 0. The Morgan fingerprint density at radius 2 is 1.87 bits per heavy atom. The monoisotopic (exact) mass is 304 g/mol. The molecule has 4 rings (SSSR count). The molecule has 0 aliphatic carbocycles. The minimum absolute atomic E-state index is 0.539. The highest BCUT2D eigenvalue weighted by Crippen LogP contribution is 2.28. The Morgan fingerprint density at radius 1 is 1.04 bits per heavy atom. The summed E-state index contributed by atoms with van der Waals surface area (Å²) in [5.74, 6) is 2.21. The second-order valence-electron chi connectivity index (χ2n) is 5.49. The second kappa shape index (κ2) is 5.24. The molecule has 1 aromatic heterocycles. The predicted octanol–water partition coefficient (Wildman–Crippen LogP) is 2.24. The number of anilines is 2. The predicted molar refractivity (Wildman–Crippen MR) is 92.4 cm³/mol. The quantitative estimate of drug-likeness (QED) is 0.923. The van der Waals surface area contributed by atoms with Crippen molar-refractivity contribution in [3.63, 3.8) is 0 Å². The maximum absolute atomic E-state index is 6.36. The van der Waals surface area contributed by atoms with Gasteiger partial charge in [0.2, 0.25) is 0 Å². The summed E-state index contributed by atoms with van der Waals surface area (Å²) in [4.78, 5) is 8.48. The molecule has 2 aliphatic heterocycles.